The van der Waals surface area contributed by atoms with Crippen LogP contribution in [0, 0.1) is 0 Å². The Morgan fingerprint density at radius 3 is 2.23 bits per heavy atom. The highest BCUT2D eigenvalue weighted by Gasteiger charge is 2.26. The van der Waals surface area contributed by atoms with E-state index < -0.39 is 10.2 Å². The molecule has 30 heavy (non-hydrogen) atoms. The zero-order valence-electron chi connectivity index (χ0n) is 18.0. The molecule has 0 fully saturated rings. The summed E-state index contributed by atoms with van der Waals surface area (Å²) in [6.45, 7) is 4.16. The molecule has 0 unspecified atom stereocenters. The van der Waals surface area contributed by atoms with Crippen LogP contribution in [0.15, 0.2) is 54.6 Å². The molecule has 0 radical (unpaired) electrons. The topological polar surface area (TPSA) is 79.0 Å². The van der Waals surface area contributed by atoms with Crippen molar-refractivity contribution in [2.24, 2.45) is 0 Å². The number of ether oxygens (including phenoxy) is 1. The third kappa shape index (κ3) is 7.03. The number of carbonyl (C=O) groups is 1. The Labute approximate surface area is 179 Å². The van der Waals surface area contributed by atoms with E-state index in [0.717, 1.165) is 32.8 Å². The number of anilines is 1. The van der Waals surface area contributed by atoms with Crippen molar-refractivity contribution in [3.05, 3.63) is 60.2 Å². The zero-order chi connectivity index (χ0) is 22.1. The van der Waals surface area contributed by atoms with Gasteiger partial charge in [0.1, 0.15) is 12.3 Å². The fourth-order valence-electron chi connectivity index (χ4n) is 2.81. The van der Waals surface area contributed by atoms with Crippen LogP contribution in [0.3, 0.4) is 0 Å². The summed E-state index contributed by atoms with van der Waals surface area (Å²) >= 11 is 0. The lowest BCUT2D eigenvalue weighted by molar-refractivity contribution is -0.119. The summed E-state index contributed by atoms with van der Waals surface area (Å²) in [7, 11) is -0.889. The molecule has 8 heteroatoms. The van der Waals surface area contributed by atoms with Crippen LogP contribution in [-0.2, 0) is 21.4 Å². The molecule has 164 valence electrons. The molecular weight excluding hydrogens is 402 g/mol. The second-order valence-electron chi connectivity index (χ2n) is 7.40. The quantitative estimate of drug-likeness (QED) is 0.553. The van der Waals surface area contributed by atoms with Crippen LogP contribution < -0.4 is 14.4 Å². The third-order valence-corrected chi connectivity index (χ3v) is 6.15. The van der Waals surface area contributed by atoms with E-state index in [1.807, 2.05) is 38.1 Å². The number of nitrogens with one attached hydrogen (secondary N) is 1. The fraction of sp³-hybridized carbons (Fsp3) is 0.409. The summed E-state index contributed by atoms with van der Waals surface area (Å²) in [5.41, 5.74) is 1.60. The number of benzene rings is 2. The normalized spacial score (nSPS) is 11.5. The van der Waals surface area contributed by atoms with Gasteiger partial charge in [-0.2, -0.15) is 12.7 Å². The largest absolute Gasteiger partial charge is 0.491 e. The van der Waals surface area contributed by atoms with E-state index in [1.165, 1.54) is 14.1 Å². The highest BCUT2D eigenvalue weighted by molar-refractivity contribution is 7.90. The van der Waals surface area contributed by atoms with Gasteiger partial charge in [-0.15, -0.1) is 0 Å². The maximum Gasteiger partial charge on any atom is 0.304 e. The molecule has 0 atom stereocenters. The maximum atomic E-state index is 12.6. The highest BCUT2D eigenvalue weighted by Crippen LogP contribution is 2.18. The van der Waals surface area contributed by atoms with Gasteiger partial charge in [0.05, 0.1) is 11.8 Å². The lowest BCUT2D eigenvalue weighted by atomic mass is 10.1. The molecule has 2 aromatic carbocycles. The summed E-state index contributed by atoms with van der Waals surface area (Å²) in [5, 5.41) is 2.81. The molecule has 1 N–H and O–H groups in total. The van der Waals surface area contributed by atoms with Gasteiger partial charge in [0.15, 0.2) is 0 Å². The molecule has 7 nitrogen and oxygen atoms in total. The summed E-state index contributed by atoms with van der Waals surface area (Å²) in [5.74, 6) is 0.495. The summed E-state index contributed by atoms with van der Waals surface area (Å²) < 4.78 is 33.1. The number of para-hydroxylation sites is 1. The van der Waals surface area contributed by atoms with Crippen molar-refractivity contribution >= 4 is 21.8 Å². The number of carbonyl (C=O) groups excluding carboxylic acids is 1. The van der Waals surface area contributed by atoms with E-state index in [2.05, 4.69) is 5.32 Å². The Hall–Kier alpha value is -2.58. The Bertz CT molecular complexity index is 898. The molecular formula is C22H31N3O4S. The predicted octanol–water partition coefficient (Wildman–Crippen LogP) is 2.84. The number of hydrogen-bond acceptors (Lipinski definition) is 4. The van der Waals surface area contributed by atoms with Crippen LogP contribution in [0.1, 0.15) is 25.8 Å². The van der Waals surface area contributed by atoms with E-state index >= 15 is 0 Å². The number of hydrogen-bond donors (Lipinski definition) is 1. The minimum atomic E-state index is -3.78. The van der Waals surface area contributed by atoms with Gasteiger partial charge in [-0.1, -0.05) is 30.3 Å². The van der Waals surface area contributed by atoms with Gasteiger partial charge in [0.2, 0.25) is 5.91 Å². The van der Waals surface area contributed by atoms with E-state index in [4.69, 9.17) is 4.74 Å². The maximum absolute atomic E-state index is 12.6. The minimum absolute atomic E-state index is 0.137. The van der Waals surface area contributed by atoms with Crippen molar-refractivity contribution in [1.29, 1.82) is 0 Å². The monoisotopic (exact) mass is 433 g/mol. The van der Waals surface area contributed by atoms with Crippen molar-refractivity contribution in [2.45, 2.75) is 32.8 Å². The molecule has 0 bridgehead atoms. The van der Waals surface area contributed by atoms with Gasteiger partial charge in [-0.05, 0) is 56.5 Å². The molecule has 0 aromatic heterocycles. The SMILES string of the molecule is CC(C)Oc1ccc(CCCNC(=O)CN(c2ccccc2)S(=O)(=O)N(C)C)cc1. The Morgan fingerprint density at radius 1 is 1.03 bits per heavy atom. The fourth-order valence-corrected chi connectivity index (χ4v) is 3.87. The van der Waals surface area contributed by atoms with Crippen LogP contribution in [-0.4, -0.2) is 51.9 Å². The first kappa shape index (κ1) is 23.7. The number of amides is 1. The highest BCUT2D eigenvalue weighted by atomic mass is 32.2. The van der Waals surface area contributed by atoms with E-state index in [1.54, 1.807) is 30.3 Å². The second-order valence-corrected chi connectivity index (χ2v) is 9.46. The van der Waals surface area contributed by atoms with Gasteiger partial charge in [0.25, 0.3) is 0 Å². The number of aryl methyl sites for hydroxylation is 1. The molecule has 0 aliphatic carbocycles. The first-order valence-electron chi connectivity index (χ1n) is 9.97. The summed E-state index contributed by atoms with van der Waals surface area (Å²) in [4.78, 5) is 12.4. The molecule has 0 heterocycles. The van der Waals surface area contributed by atoms with Crippen molar-refractivity contribution < 1.29 is 17.9 Å². The van der Waals surface area contributed by atoms with Gasteiger partial charge in [-0.3, -0.25) is 4.79 Å². The van der Waals surface area contributed by atoms with Gasteiger partial charge < -0.3 is 10.1 Å². The van der Waals surface area contributed by atoms with Crippen LogP contribution in [0.5, 0.6) is 5.75 Å². The van der Waals surface area contributed by atoms with Crippen molar-refractivity contribution in [2.75, 3.05) is 31.5 Å². The zero-order valence-corrected chi connectivity index (χ0v) is 18.9. The average molecular weight is 434 g/mol. The first-order chi connectivity index (χ1) is 14.2. The molecule has 0 saturated carbocycles. The summed E-state index contributed by atoms with van der Waals surface area (Å²) in [6, 6.07) is 16.5. The van der Waals surface area contributed by atoms with Gasteiger partial charge >= 0.3 is 10.2 Å². The summed E-state index contributed by atoms with van der Waals surface area (Å²) in [6.07, 6.45) is 1.69. The number of nitrogens with zero attached hydrogens (tertiary/aromatic N) is 2. The second kappa shape index (κ2) is 11.0. The lowest BCUT2D eigenvalue weighted by Crippen LogP contribution is -2.46. The molecule has 0 aliphatic rings. The molecule has 0 spiro atoms. The van der Waals surface area contributed by atoms with Crippen LogP contribution in [0.2, 0.25) is 0 Å². The van der Waals surface area contributed by atoms with Crippen molar-refractivity contribution in [1.82, 2.24) is 9.62 Å². The van der Waals surface area contributed by atoms with E-state index in [0.29, 0.717) is 12.2 Å². The van der Waals surface area contributed by atoms with E-state index in [-0.39, 0.29) is 18.6 Å². The third-order valence-electron chi connectivity index (χ3n) is 4.33. The standard InChI is InChI=1S/C22H31N3O4S/c1-18(2)29-21-14-12-19(13-15-21)9-8-16-23-22(26)17-25(30(27,28)24(3)4)20-10-6-5-7-11-20/h5-7,10-15,18H,8-9,16-17H2,1-4H3,(H,23,26). The minimum Gasteiger partial charge on any atom is -0.491 e. The molecule has 0 aliphatic heterocycles. The number of rotatable bonds is 11. The average Bonchev–Trinajstić information content (AvgIpc) is 2.70. The van der Waals surface area contributed by atoms with Crippen LogP contribution in [0.25, 0.3) is 0 Å². The molecule has 0 saturated heterocycles. The van der Waals surface area contributed by atoms with Crippen molar-refractivity contribution in [3.63, 3.8) is 0 Å². The molecule has 2 aromatic rings. The Morgan fingerprint density at radius 2 is 1.67 bits per heavy atom. The predicted molar refractivity (Wildman–Crippen MR) is 120 cm³/mol. The lowest BCUT2D eigenvalue weighted by Gasteiger charge is -2.26. The molecule has 2 rings (SSSR count). The molecule has 1 amide bonds. The smallest absolute Gasteiger partial charge is 0.304 e. The van der Waals surface area contributed by atoms with Crippen molar-refractivity contribution in [3.8, 4) is 5.75 Å². The van der Waals surface area contributed by atoms with Gasteiger partial charge in [-0.25, -0.2) is 4.31 Å². The first-order valence-corrected chi connectivity index (χ1v) is 11.4. The van der Waals surface area contributed by atoms with Gasteiger partial charge in [0, 0.05) is 20.6 Å². The van der Waals surface area contributed by atoms with Crippen LogP contribution >= 0.6 is 0 Å². The van der Waals surface area contributed by atoms with E-state index in [9.17, 15) is 13.2 Å². The van der Waals surface area contributed by atoms with Crippen LogP contribution in [0.4, 0.5) is 5.69 Å². The Balaban J connectivity index is 1.87. The Kier molecular flexibility index (Phi) is 8.68.